The van der Waals surface area contributed by atoms with Gasteiger partial charge in [-0.05, 0) is 31.2 Å². The molecule has 1 aromatic carbocycles. The zero-order chi connectivity index (χ0) is 15.1. The predicted molar refractivity (Wildman–Crippen MR) is 82.2 cm³/mol. The monoisotopic (exact) mass is 318 g/mol. The molecule has 1 unspecified atom stereocenters. The largest absolute Gasteiger partial charge is 0.395 e. The molecule has 0 aliphatic carbocycles. The highest BCUT2D eigenvalue weighted by Crippen LogP contribution is 2.25. The van der Waals surface area contributed by atoms with Crippen molar-refractivity contribution in [2.24, 2.45) is 0 Å². The third kappa shape index (κ3) is 5.29. The minimum Gasteiger partial charge on any atom is -0.395 e. The van der Waals surface area contributed by atoms with E-state index in [0.717, 1.165) is 12.1 Å². The van der Waals surface area contributed by atoms with Crippen LogP contribution in [0.3, 0.4) is 0 Å². The lowest BCUT2D eigenvalue weighted by Crippen LogP contribution is -2.39. The summed E-state index contributed by atoms with van der Waals surface area (Å²) < 4.78 is 0. The van der Waals surface area contributed by atoms with E-state index in [0.29, 0.717) is 16.6 Å². The summed E-state index contributed by atoms with van der Waals surface area (Å²) >= 11 is 11.8. The van der Waals surface area contributed by atoms with Crippen molar-refractivity contribution in [3.63, 3.8) is 0 Å². The number of aliphatic hydroxyl groups is 1. The van der Waals surface area contributed by atoms with Gasteiger partial charge in [0, 0.05) is 6.54 Å². The zero-order valence-electron chi connectivity index (χ0n) is 11.7. The summed E-state index contributed by atoms with van der Waals surface area (Å²) in [6, 6.07) is 5.15. The molecule has 0 bridgehead atoms. The molecule has 112 valence electrons. The van der Waals surface area contributed by atoms with E-state index < -0.39 is 0 Å². The molecule has 0 aliphatic heterocycles. The van der Waals surface area contributed by atoms with Crippen molar-refractivity contribution in [1.29, 1.82) is 0 Å². The first kappa shape index (κ1) is 17.2. The number of halogens is 2. The van der Waals surface area contributed by atoms with Gasteiger partial charge in [-0.25, -0.2) is 0 Å². The Morgan fingerprint density at radius 1 is 1.40 bits per heavy atom. The first-order valence-electron chi connectivity index (χ1n) is 6.55. The Kier molecular flexibility index (Phi) is 7.30. The molecule has 1 aromatic rings. The highest BCUT2D eigenvalue weighted by molar-refractivity contribution is 6.42. The predicted octanol–water partition coefficient (Wildman–Crippen LogP) is 2.48. The quantitative estimate of drug-likeness (QED) is 0.812. The molecular weight excluding hydrogens is 299 g/mol. The van der Waals surface area contributed by atoms with Gasteiger partial charge in [-0.2, -0.15) is 0 Å². The molecule has 2 N–H and O–H groups in total. The summed E-state index contributed by atoms with van der Waals surface area (Å²) in [6.45, 7) is 5.36. The fourth-order valence-corrected chi connectivity index (χ4v) is 2.15. The van der Waals surface area contributed by atoms with Crippen LogP contribution in [-0.2, 0) is 4.79 Å². The maximum absolute atomic E-state index is 11.9. The van der Waals surface area contributed by atoms with Crippen LogP contribution >= 0.6 is 23.2 Å². The van der Waals surface area contributed by atoms with Crippen molar-refractivity contribution in [3.05, 3.63) is 33.8 Å². The van der Waals surface area contributed by atoms with E-state index in [2.05, 4.69) is 5.32 Å². The SMILES string of the molecule is CCN(CCO)CC(=O)NC(C)c1ccc(Cl)c(Cl)c1. The van der Waals surface area contributed by atoms with E-state index in [4.69, 9.17) is 28.3 Å². The summed E-state index contributed by atoms with van der Waals surface area (Å²) in [5.74, 6) is -0.0844. The van der Waals surface area contributed by atoms with Crippen molar-refractivity contribution in [3.8, 4) is 0 Å². The number of carbonyl (C=O) groups excluding carboxylic acids is 1. The van der Waals surface area contributed by atoms with Crippen molar-refractivity contribution in [1.82, 2.24) is 10.2 Å². The first-order valence-corrected chi connectivity index (χ1v) is 7.31. The summed E-state index contributed by atoms with van der Waals surface area (Å²) in [5, 5.41) is 12.8. The first-order chi connectivity index (χ1) is 9.47. The average Bonchev–Trinajstić information content (AvgIpc) is 2.41. The van der Waals surface area contributed by atoms with Crippen LogP contribution in [-0.4, -0.2) is 42.2 Å². The molecule has 0 heterocycles. The van der Waals surface area contributed by atoms with Crippen LogP contribution in [0.15, 0.2) is 18.2 Å². The summed E-state index contributed by atoms with van der Waals surface area (Å²) in [6.07, 6.45) is 0. The minimum atomic E-state index is -0.148. The smallest absolute Gasteiger partial charge is 0.234 e. The minimum absolute atomic E-state index is 0.0451. The van der Waals surface area contributed by atoms with Crippen LogP contribution in [0.25, 0.3) is 0 Å². The van der Waals surface area contributed by atoms with Gasteiger partial charge >= 0.3 is 0 Å². The van der Waals surface area contributed by atoms with E-state index in [1.807, 2.05) is 24.8 Å². The van der Waals surface area contributed by atoms with Crippen molar-refractivity contribution >= 4 is 29.1 Å². The molecule has 6 heteroatoms. The highest BCUT2D eigenvalue weighted by Gasteiger charge is 2.13. The second-order valence-electron chi connectivity index (χ2n) is 4.56. The number of nitrogens with one attached hydrogen (secondary N) is 1. The molecule has 1 atom stereocenters. The lowest BCUT2D eigenvalue weighted by Gasteiger charge is -2.21. The lowest BCUT2D eigenvalue weighted by molar-refractivity contribution is -0.122. The maximum atomic E-state index is 11.9. The molecule has 0 spiro atoms. The molecule has 20 heavy (non-hydrogen) atoms. The second kappa shape index (κ2) is 8.47. The van der Waals surface area contributed by atoms with E-state index >= 15 is 0 Å². The van der Waals surface area contributed by atoms with Gasteiger partial charge in [0.2, 0.25) is 5.91 Å². The molecule has 0 fully saturated rings. The molecule has 0 aromatic heterocycles. The van der Waals surface area contributed by atoms with Gasteiger partial charge in [0.25, 0.3) is 0 Å². The Morgan fingerprint density at radius 3 is 2.65 bits per heavy atom. The Morgan fingerprint density at radius 2 is 2.10 bits per heavy atom. The maximum Gasteiger partial charge on any atom is 0.234 e. The van der Waals surface area contributed by atoms with Gasteiger partial charge in [0.05, 0.1) is 29.2 Å². The van der Waals surface area contributed by atoms with Crippen molar-refractivity contribution in [2.75, 3.05) is 26.2 Å². The fourth-order valence-electron chi connectivity index (χ4n) is 1.85. The van der Waals surface area contributed by atoms with Gasteiger partial charge in [-0.15, -0.1) is 0 Å². The van der Waals surface area contributed by atoms with Crippen LogP contribution < -0.4 is 5.32 Å². The third-order valence-corrected chi connectivity index (χ3v) is 3.79. The number of nitrogens with zero attached hydrogens (tertiary/aromatic N) is 1. The number of rotatable bonds is 7. The standard InChI is InChI=1S/C14H20Cl2N2O2/c1-3-18(6-7-19)9-14(20)17-10(2)11-4-5-12(15)13(16)8-11/h4-5,8,10,19H,3,6-7,9H2,1-2H3,(H,17,20). The Balaban J connectivity index is 2.58. The number of aliphatic hydroxyl groups excluding tert-OH is 1. The molecule has 0 radical (unpaired) electrons. The number of likely N-dealkylation sites (N-methyl/N-ethyl adjacent to an activating group) is 1. The van der Waals surface area contributed by atoms with Crippen LogP contribution in [0.5, 0.6) is 0 Å². The van der Waals surface area contributed by atoms with Crippen LogP contribution in [0.1, 0.15) is 25.5 Å². The molecule has 0 saturated carbocycles. The van der Waals surface area contributed by atoms with Crippen molar-refractivity contribution < 1.29 is 9.90 Å². The molecule has 1 amide bonds. The highest BCUT2D eigenvalue weighted by atomic mass is 35.5. The number of hydrogen-bond acceptors (Lipinski definition) is 3. The van der Waals surface area contributed by atoms with Gasteiger partial charge in [0.1, 0.15) is 0 Å². The number of amides is 1. The number of hydrogen-bond donors (Lipinski definition) is 2. The van der Waals surface area contributed by atoms with E-state index in [1.165, 1.54) is 0 Å². The van der Waals surface area contributed by atoms with Crippen molar-refractivity contribution in [2.45, 2.75) is 19.9 Å². The Bertz CT molecular complexity index is 455. The lowest BCUT2D eigenvalue weighted by atomic mass is 10.1. The fraction of sp³-hybridized carbons (Fsp3) is 0.500. The molecule has 0 aliphatic rings. The number of carbonyl (C=O) groups is 1. The van der Waals surface area contributed by atoms with E-state index in [-0.39, 0.29) is 25.1 Å². The summed E-state index contributed by atoms with van der Waals surface area (Å²) in [7, 11) is 0. The normalized spacial score (nSPS) is 12.5. The van der Waals surface area contributed by atoms with E-state index in [9.17, 15) is 4.79 Å². The second-order valence-corrected chi connectivity index (χ2v) is 5.37. The van der Waals surface area contributed by atoms with Gasteiger partial charge in [-0.3, -0.25) is 9.69 Å². The molecule has 0 saturated heterocycles. The van der Waals surface area contributed by atoms with Crippen LogP contribution in [0, 0.1) is 0 Å². The molecule has 1 rings (SSSR count). The average molecular weight is 319 g/mol. The summed E-state index contributed by atoms with van der Waals surface area (Å²) in [4.78, 5) is 13.8. The molecular formula is C14H20Cl2N2O2. The topological polar surface area (TPSA) is 52.6 Å². The summed E-state index contributed by atoms with van der Waals surface area (Å²) in [5.41, 5.74) is 0.901. The van der Waals surface area contributed by atoms with Gasteiger partial charge in [-0.1, -0.05) is 36.2 Å². The zero-order valence-corrected chi connectivity index (χ0v) is 13.2. The number of benzene rings is 1. The molecule has 4 nitrogen and oxygen atoms in total. The van der Waals surface area contributed by atoms with Crippen LogP contribution in [0.4, 0.5) is 0 Å². The Labute approximate surface area is 129 Å². The van der Waals surface area contributed by atoms with Gasteiger partial charge in [0.15, 0.2) is 0 Å². The van der Waals surface area contributed by atoms with E-state index in [1.54, 1.807) is 12.1 Å². The van der Waals surface area contributed by atoms with Crippen LogP contribution in [0.2, 0.25) is 10.0 Å². The third-order valence-electron chi connectivity index (χ3n) is 3.05. The van der Waals surface area contributed by atoms with Gasteiger partial charge < -0.3 is 10.4 Å². The Hall–Kier alpha value is -0.810.